The Bertz CT molecular complexity index is 877. The molecule has 0 bridgehead atoms. The topological polar surface area (TPSA) is 76.4 Å². The Morgan fingerprint density at radius 3 is 2.61 bits per heavy atom. The van der Waals surface area contributed by atoms with Crippen LogP contribution in [0.5, 0.6) is 5.75 Å². The van der Waals surface area contributed by atoms with E-state index < -0.39 is 12.0 Å². The number of halogens is 2. The smallest absolute Gasteiger partial charge is 0.387 e. The van der Waals surface area contributed by atoms with Gasteiger partial charge in [-0.25, -0.2) is 0 Å². The van der Waals surface area contributed by atoms with Crippen LogP contribution in [0.25, 0.3) is 0 Å². The monoisotopic (exact) mass is 389 g/mol. The molecule has 0 radical (unpaired) electrons. The fourth-order valence-electron chi connectivity index (χ4n) is 3.00. The van der Waals surface area contributed by atoms with Gasteiger partial charge in [0.1, 0.15) is 21.4 Å². The number of carbonyl (C=O) groups is 1. The largest absolute Gasteiger partial charge is 0.434 e. The van der Waals surface area contributed by atoms with E-state index in [1.807, 2.05) is 13.8 Å². The van der Waals surface area contributed by atoms with E-state index >= 15 is 0 Å². The highest BCUT2D eigenvalue weighted by Gasteiger charge is 2.32. The molecule has 1 heterocycles. The number of nitrogens with one attached hydrogen (secondary N) is 1. The highest BCUT2D eigenvalue weighted by Crippen LogP contribution is 2.41. The molecule has 0 saturated heterocycles. The second-order valence-corrected chi connectivity index (χ2v) is 7.88. The summed E-state index contributed by atoms with van der Waals surface area (Å²) in [6, 6.07) is 4.43. The lowest BCUT2D eigenvalue weighted by Gasteiger charge is -2.22. The molecule has 1 aromatic heterocycles. The zero-order chi connectivity index (χ0) is 20.6. The van der Waals surface area contributed by atoms with Crippen molar-refractivity contribution in [3.8, 4) is 5.75 Å². The molecule has 1 saturated carbocycles. The summed E-state index contributed by atoms with van der Waals surface area (Å²) in [5, 5.41) is 16.1. The predicted molar refractivity (Wildman–Crippen MR) is 107 cm³/mol. The minimum absolute atomic E-state index is 0.121. The molecule has 1 fully saturated rings. The lowest BCUT2D eigenvalue weighted by molar-refractivity contribution is -0.0512. The number of hydrogen-bond donors (Lipinski definition) is 2. The maximum atomic E-state index is 12.8. The van der Waals surface area contributed by atoms with Gasteiger partial charge in [-0.15, -0.1) is 0 Å². The molecule has 6 nitrogen and oxygen atoms in total. The molecular formula is C18H23B2F2N3O3. The molecule has 0 atom stereocenters. The Morgan fingerprint density at radius 1 is 1.39 bits per heavy atom. The first-order chi connectivity index (χ1) is 13.1. The number of nitrogens with zero attached hydrogens (tertiary/aromatic N) is 2. The van der Waals surface area contributed by atoms with Crippen LogP contribution in [-0.4, -0.2) is 43.1 Å². The van der Waals surface area contributed by atoms with Gasteiger partial charge < -0.3 is 15.2 Å². The summed E-state index contributed by atoms with van der Waals surface area (Å²) in [5.74, 6) is -0.246. The van der Waals surface area contributed by atoms with Crippen molar-refractivity contribution in [3.05, 3.63) is 41.2 Å². The van der Waals surface area contributed by atoms with Crippen molar-refractivity contribution in [2.45, 2.75) is 50.7 Å². The second-order valence-electron chi connectivity index (χ2n) is 7.88. The Hall–Kier alpha value is -2.35. The molecule has 0 unspecified atom stereocenters. The number of amides is 1. The predicted octanol–water partition coefficient (Wildman–Crippen LogP) is 1.56. The summed E-state index contributed by atoms with van der Waals surface area (Å²) in [6.45, 7) is 0.918. The van der Waals surface area contributed by atoms with Gasteiger partial charge in [-0.05, 0) is 32.8 Å². The van der Waals surface area contributed by atoms with Crippen LogP contribution in [-0.2, 0) is 5.40 Å². The van der Waals surface area contributed by atoms with Gasteiger partial charge in [0.15, 0.2) is 0 Å². The third kappa shape index (κ3) is 4.55. The highest BCUT2D eigenvalue weighted by molar-refractivity contribution is 6.38. The summed E-state index contributed by atoms with van der Waals surface area (Å²) in [6.07, 6.45) is 3.72. The zero-order valence-corrected chi connectivity index (χ0v) is 16.4. The molecule has 1 amide bonds. The molecule has 148 valence electrons. The van der Waals surface area contributed by atoms with Crippen molar-refractivity contribution in [1.82, 2.24) is 9.78 Å². The maximum Gasteiger partial charge on any atom is 0.387 e. The van der Waals surface area contributed by atoms with E-state index in [2.05, 4.69) is 15.2 Å². The fourth-order valence-corrected chi connectivity index (χ4v) is 3.00. The van der Waals surface area contributed by atoms with Crippen LogP contribution in [0.2, 0.25) is 0 Å². The van der Waals surface area contributed by atoms with Crippen molar-refractivity contribution in [1.29, 1.82) is 0 Å². The number of rotatable bonds is 7. The number of alkyl halides is 2. The number of hydrogen-bond acceptors (Lipinski definition) is 4. The summed E-state index contributed by atoms with van der Waals surface area (Å²) in [5.41, 5.74) is 1.76. The normalized spacial score (nSPS) is 14.5. The number of aromatic nitrogens is 2. The Morgan fingerprint density at radius 2 is 2.07 bits per heavy atom. The van der Waals surface area contributed by atoms with Gasteiger partial charge in [0.2, 0.25) is 0 Å². The molecule has 0 aliphatic heterocycles. The van der Waals surface area contributed by atoms with Crippen molar-refractivity contribution in [2.75, 3.05) is 5.32 Å². The average Bonchev–Trinajstić information content (AvgIpc) is 3.31. The first kappa shape index (κ1) is 20.4. The third-order valence-corrected chi connectivity index (χ3v) is 4.61. The van der Waals surface area contributed by atoms with E-state index in [4.69, 9.17) is 0 Å². The second kappa shape index (κ2) is 7.58. The van der Waals surface area contributed by atoms with Crippen LogP contribution in [0.15, 0.2) is 24.4 Å². The third-order valence-electron chi connectivity index (χ3n) is 4.61. The SMILES string of the molecule is BC(B)(O)c1ccc(NC(=O)c2cn(C(C)C)nc2C2CC2)cc1OC(F)F. The lowest BCUT2D eigenvalue weighted by Crippen LogP contribution is -2.27. The van der Waals surface area contributed by atoms with Crippen LogP contribution < -0.4 is 10.1 Å². The molecule has 2 aromatic rings. The molecule has 2 N–H and O–H groups in total. The molecule has 1 aliphatic rings. The Kier molecular flexibility index (Phi) is 5.52. The van der Waals surface area contributed by atoms with Crippen LogP contribution in [0.1, 0.15) is 60.3 Å². The van der Waals surface area contributed by atoms with Crippen molar-refractivity contribution >= 4 is 27.3 Å². The van der Waals surface area contributed by atoms with Crippen LogP contribution in [0, 0.1) is 0 Å². The van der Waals surface area contributed by atoms with E-state index in [9.17, 15) is 18.7 Å². The lowest BCUT2D eigenvalue weighted by atomic mass is 9.61. The number of anilines is 1. The zero-order valence-electron chi connectivity index (χ0n) is 16.4. The van der Waals surface area contributed by atoms with E-state index in [1.165, 1.54) is 27.8 Å². The average molecular weight is 389 g/mol. The Labute approximate surface area is 164 Å². The number of ether oxygens (including phenoxy) is 1. The quantitative estimate of drug-likeness (QED) is 0.706. The van der Waals surface area contributed by atoms with E-state index in [1.54, 1.807) is 16.9 Å². The van der Waals surface area contributed by atoms with Gasteiger partial charge in [0.25, 0.3) is 5.91 Å². The van der Waals surface area contributed by atoms with Crippen molar-refractivity contribution in [3.63, 3.8) is 0 Å². The minimum atomic E-state index is -3.04. The molecule has 1 aliphatic carbocycles. The van der Waals surface area contributed by atoms with Gasteiger partial charge in [-0.1, -0.05) is 6.07 Å². The molecule has 28 heavy (non-hydrogen) atoms. The summed E-state index contributed by atoms with van der Waals surface area (Å²) < 4.78 is 31.8. The highest BCUT2D eigenvalue weighted by atomic mass is 19.3. The van der Waals surface area contributed by atoms with E-state index in [0.717, 1.165) is 18.5 Å². The molecular weight excluding hydrogens is 366 g/mol. The molecule has 10 heteroatoms. The standard InChI is InChI=1S/C18H23B2F2N3O3/c1-9(2)25-8-12(15(24-25)10-3-4-10)16(26)23-11-5-6-13(18(19,20)27)14(7-11)28-17(21)22/h5-10,17,27H,3-4,19-20H2,1-2H3,(H,23,26). The van der Waals surface area contributed by atoms with Gasteiger partial charge in [-0.2, -0.15) is 13.9 Å². The van der Waals surface area contributed by atoms with E-state index in [-0.39, 0.29) is 29.2 Å². The summed E-state index contributed by atoms with van der Waals surface area (Å²) in [4.78, 5) is 12.8. The fraction of sp³-hybridized carbons (Fsp3) is 0.444. The van der Waals surface area contributed by atoms with Crippen LogP contribution >= 0.6 is 0 Å². The first-order valence-corrected chi connectivity index (χ1v) is 9.28. The van der Waals surface area contributed by atoms with Crippen molar-refractivity contribution < 1.29 is 23.4 Å². The summed E-state index contributed by atoms with van der Waals surface area (Å²) in [7, 11) is 2.95. The number of benzene rings is 1. The minimum Gasteiger partial charge on any atom is -0.434 e. The maximum absolute atomic E-state index is 12.8. The summed E-state index contributed by atoms with van der Waals surface area (Å²) >= 11 is 0. The molecule has 3 rings (SSSR count). The van der Waals surface area contributed by atoms with Crippen LogP contribution in [0.4, 0.5) is 14.5 Å². The van der Waals surface area contributed by atoms with Gasteiger partial charge in [0.05, 0.1) is 11.3 Å². The van der Waals surface area contributed by atoms with Crippen molar-refractivity contribution in [2.24, 2.45) is 0 Å². The molecule has 0 spiro atoms. The van der Waals surface area contributed by atoms with Gasteiger partial charge >= 0.3 is 6.61 Å². The molecule has 1 aromatic carbocycles. The van der Waals surface area contributed by atoms with Gasteiger partial charge in [-0.3, -0.25) is 9.48 Å². The number of aliphatic hydroxyl groups is 1. The Balaban J connectivity index is 1.88. The van der Waals surface area contributed by atoms with Gasteiger partial charge in [0, 0.05) is 40.9 Å². The van der Waals surface area contributed by atoms with Crippen LogP contribution in [0.3, 0.4) is 0 Å². The number of carbonyl (C=O) groups excluding carboxylic acids is 1. The van der Waals surface area contributed by atoms with E-state index in [0.29, 0.717) is 11.3 Å². The first-order valence-electron chi connectivity index (χ1n) is 9.28.